The fraction of sp³-hybridized carbons (Fsp3) is 0.304. The number of alkyl halides is 3. The number of hydrogen-bond donors (Lipinski definition) is 3. The molecule has 4 heterocycles. The molecule has 0 unspecified atom stereocenters. The summed E-state index contributed by atoms with van der Waals surface area (Å²) in [6.07, 6.45) is 0.573. The van der Waals surface area contributed by atoms with Crippen LogP contribution in [0, 0.1) is 0 Å². The van der Waals surface area contributed by atoms with E-state index in [0.29, 0.717) is 6.04 Å². The van der Waals surface area contributed by atoms with Crippen molar-refractivity contribution in [3.8, 4) is 0 Å². The van der Waals surface area contributed by atoms with Crippen LogP contribution in [0.4, 0.5) is 24.8 Å². The number of nitrogens with one attached hydrogen (secondary N) is 1. The molecule has 4 N–H and O–H groups in total. The van der Waals surface area contributed by atoms with Gasteiger partial charge in [-0.25, -0.2) is 19.3 Å². The third-order valence-electron chi connectivity index (χ3n) is 5.65. The summed E-state index contributed by atoms with van der Waals surface area (Å²) in [5.74, 6) is -1.21. The van der Waals surface area contributed by atoms with Crippen molar-refractivity contribution in [2.75, 3.05) is 18.4 Å². The van der Waals surface area contributed by atoms with Crippen LogP contribution in [-0.2, 0) is 11.3 Å². The van der Waals surface area contributed by atoms with Gasteiger partial charge in [-0.3, -0.25) is 4.90 Å². The number of benzene rings is 1. The average Bonchev–Trinajstić information content (AvgIpc) is 3.24. The Morgan fingerprint density at radius 1 is 1.14 bits per heavy atom. The third-order valence-corrected chi connectivity index (χ3v) is 5.65. The minimum Gasteiger partial charge on any atom is -0.475 e. The molecule has 1 fully saturated rings. The Morgan fingerprint density at radius 3 is 2.57 bits per heavy atom. The molecule has 0 atom stereocenters. The van der Waals surface area contributed by atoms with Crippen molar-refractivity contribution in [1.82, 2.24) is 24.5 Å². The minimum atomic E-state index is -5.08. The number of fused-ring (bicyclic) bond motifs is 2. The number of anilines is 2. The van der Waals surface area contributed by atoms with E-state index in [1.54, 1.807) is 6.33 Å². The molecule has 1 aliphatic rings. The Bertz CT molecular complexity index is 1320. The zero-order valence-corrected chi connectivity index (χ0v) is 18.6. The van der Waals surface area contributed by atoms with E-state index < -0.39 is 12.1 Å². The molecular formula is C23H24F3N7O2. The van der Waals surface area contributed by atoms with Gasteiger partial charge in [-0.1, -0.05) is 18.2 Å². The molecule has 0 amide bonds. The number of aromatic nitrogens is 4. The van der Waals surface area contributed by atoms with E-state index in [0.717, 1.165) is 60.5 Å². The quantitative estimate of drug-likeness (QED) is 0.399. The fourth-order valence-corrected chi connectivity index (χ4v) is 3.85. The van der Waals surface area contributed by atoms with Gasteiger partial charge in [-0.2, -0.15) is 18.3 Å². The molecule has 35 heavy (non-hydrogen) atoms. The van der Waals surface area contributed by atoms with Crippen LogP contribution >= 0.6 is 0 Å². The smallest absolute Gasteiger partial charge is 0.475 e. The molecule has 1 aromatic carbocycles. The van der Waals surface area contributed by atoms with Gasteiger partial charge in [0, 0.05) is 24.2 Å². The van der Waals surface area contributed by atoms with Gasteiger partial charge in [0.05, 0.1) is 5.52 Å². The maximum atomic E-state index is 10.6. The molecule has 4 aromatic rings. The molecule has 0 saturated carbocycles. The molecule has 3 aromatic heterocycles. The van der Waals surface area contributed by atoms with Crippen molar-refractivity contribution in [2.24, 2.45) is 5.73 Å². The van der Waals surface area contributed by atoms with Crippen LogP contribution in [0.15, 0.2) is 55.0 Å². The van der Waals surface area contributed by atoms with Crippen LogP contribution in [0.3, 0.4) is 0 Å². The Morgan fingerprint density at radius 2 is 1.86 bits per heavy atom. The lowest BCUT2D eigenvalue weighted by atomic mass is 10.1. The van der Waals surface area contributed by atoms with Crippen molar-refractivity contribution >= 4 is 34.0 Å². The lowest BCUT2D eigenvalue weighted by Crippen LogP contribution is -2.39. The van der Waals surface area contributed by atoms with Gasteiger partial charge in [0.25, 0.3) is 0 Å². The second kappa shape index (κ2) is 10.2. The first-order valence-electron chi connectivity index (χ1n) is 10.9. The van der Waals surface area contributed by atoms with Crippen LogP contribution in [0.2, 0.25) is 0 Å². The van der Waals surface area contributed by atoms with Crippen molar-refractivity contribution in [3.63, 3.8) is 0 Å². The first-order chi connectivity index (χ1) is 16.7. The van der Waals surface area contributed by atoms with E-state index in [1.165, 1.54) is 5.56 Å². The number of carbonyl (C=O) groups is 1. The lowest BCUT2D eigenvalue weighted by Gasteiger charge is -2.29. The van der Waals surface area contributed by atoms with Crippen LogP contribution in [-0.4, -0.2) is 60.9 Å². The second-order valence-corrected chi connectivity index (χ2v) is 8.17. The van der Waals surface area contributed by atoms with Crippen LogP contribution in [0.1, 0.15) is 18.4 Å². The molecule has 5 rings (SSSR count). The standard InChI is InChI=1S/C21H23N7.C2HF3O2/c22-17-8-10-27(11-9-17)13-16-7-12-28-20(16)21(23-14-24-28)26-19-6-5-15-3-1-2-4-18(15)25-19;3-2(4,5)1(6)7/h1-7,12,14,17H,8-11,13,22H2,(H,23,24,25,26);(H,6,7). The number of hydrogen-bond acceptors (Lipinski definition) is 7. The van der Waals surface area contributed by atoms with E-state index in [9.17, 15) is 13.2 Å². The van der Waals surface area contributed by atoms with Crippen molar-refractivity contribution in [2.45, 2.75) is 31.6 Å². The van der Waals surface area contributed by atoms with Crippen LogP contribution in [0.5, 0.6) is 0 Å². The highest BCUT2D eigenvalue weighted by molar-refractivity contribution is 5.82. The molecule has 0 aliphatic carbocycles. The molecule has 0 bridgehead atoms. The summed E-state index contributed by atoms with van der Waals surface area (Å²) in [7, 11) is 0. The van der Waals surface area contributed by atoms with Crippen molar-refractivity contribution in [1.29, 1.82) is 0 Å². The largest absolute Gasteiger partial charge is 0.490 e. The summed E-state index contributed by atoms with van der Waals surface area (Å²) < 4.78 is 33.6. The van der Waals surface area contributed by atoms with E-state index in [4.69, 9.17) is 20.6 Å². The number of aliphatic carboxylic acids is 1. The van der Waals surface area contributed by atoms with Gasteiger partial charge in [0.15, 0.2) is 5.82 Å². The van der Waals surface area contributed by atoms with Crippen LogP contribution in [0.25, 0.3) is 16.4 Å². The molecule has 9 nitrogen and oxygen atoms in total. The van der Waals surface area contributed by atoms with E-state index in [2.05, 4.69) is 38.5 Å². The summed E-state index contributed by atoms with van der Waals surface area (Å²) in [4.78, 5) is 20.6. The summed E-state index contributed by atoms with van der Waals surface area (Å²) in [5, 5.41) is 16.0. The van der Waals surface area contributed by atoms with Gasteiger partial charge in [0.1, 0.15) is 17.7 Å². The summed E-state index contributed by atoms with van der Waals surface area (Å²) in [6, 6.07) is 14.6. The Kier molecular flexibility index (Phi) is 7.12. The Balaban J connectivity index is 0.000000364. The zero-order valence-electron chi connectivity index (χ0n) is 18.6. The summed E-state index contributed by atoms with van der Waals surface area (Å²) in [5.41, 5.74) is 9.20. The number of halogens is 3. The predicted molar refractivity (Wildman–Crippen MR) is 124 cm³/mol. The summed E-state index contributed by atoms with van der Waals surface area (Å²) in [6.45, 7) is 2.93. The number of likely N-dealkylation sites (tertiary alicyclic amines) is 1. The number of nitrogens with zero attached hydrogens (tertiary/aromatic N) is 5. The SMILES string of the molecule is NC1CCN(Cc2ccn3ncnc(Nc4ccc5ccccc5n4)c23)CC1.O=C(O)C(F)(F)F. The van der Waals surface area contributed by atoms with Crippen molar-refractivity contribution in [3.05, 3.63) is 60.6 Å². The van der Waals surface area contributed by atoms with E-state index >= 15 is 0 Å². The third kappa shape index (κ3) is 6.03. The lowest BCUT2D eigenvalue weighted by molar-refractivity contribution is -0.192. The number of nitrogens with two attached hydrogens (primary N) is 1. The highest BCUT2D eigenvalue weighted by Gasteiger charge is 2.38. The molecule has 184 valence electrons. The van der Waals surface area contributed by atoms with Gasteiger partial charge in [0.2, 0.25) is 0 Å². The van der Waals surface area contributed by atoms with Gasteiger partial charge in [-0.05, 0) is 55.8 Å². The topological polar surface area (TPSA) is 122 Å². The minimum absolute atomic E-state index is 0.335. The Hall–Kier alpha value is -3.77. The zero-order chi connectivity index (χ0) is 25.0. The molecule has 0 radical (unpaired) electrons. The number of rotatable bonds is 4. The second-order valence-electron chi connectivity index (χ2n) is 8.17. The fourth-order valence-electron chi connectivity index (χ4n) is 3.85. The van der Waals surface area contributed by atoms with E-state index in [-0.39, 0.29) is 0 Å². The molecule has 12 heteroatoms. The normalized spacial score (nSPS) is 15.1. The molecule has 1 aliphatic heterocycles. The number of para-hydroxylation sites is 1. The molecular weight excluding hydrogens is 463 g/mol. The van der Waals surface area contributed by atoms with Crippen LogP contribution < -0.4 is 11.1 Å². The first-order valence-corrected chi connectivity index (χ1v) is 10.9. The first kappa shape index (κ1) is 24.4. The van der Waals surface area contributed by atoms with E-state index in [1.807, 2.05) is 35.0 Å². The highest BCUT2D eigenvalue weighted by atomic mass is 19.4. The highest BCUT2D eigenvalue weighted by Crippen LogP contribution is 2.25. The maximum absolute atomic E-state index is 10.6. The number of pyridine rings is 1. The summed E-state index contributed by atoms with van der Waals surface area (Å²) >= 11 is 0. The average molecular weight is 487 g/mol. The molecule has 0 spiro atoms. The van der Waals surface area contributed by atoms with Gasteiger partial charge in [-0.15, -0.1) is 0 Å². The monoisotopic (exact) mass is 487 g/mol. The number of piperidine rings is 1. The predicted octanol–water partition coefficient (Wildman–Crippen LogP) is 3.58. The molecule has 1 saturated heterocycles. The number of carboxylic acid groups (broad SMARTS) is 1. The number of carboxylic acids is 1. The Labute approximate surface area is 198 Å². The maximum Gasteiger partial charge on any atom is 0.490 e. The van der Waals surface area contributed by atoms with Gasteiger partial charge >= 0.3 is 12.1 Å². The van der Waals surface area contributed by atoms with Gasteiger partial charge < -0.3 is 16.2 Å². The van der Waals surface area contributed by atoms with Crippen molar-refractivity contribution < 1.29 is 23.1 Å².